The monoisotopic (exact) mass is 285 g/mol. The van der Waals surface area contributed by atoms with Crippen molar-refractivity contribution in [3.63, 3.8) is 0 Å². The summed E-state index contributed by atoms with van der Waals surface area (Å²) in [6.45, 7) is 9.63. The fraction of sp³-hybridized carbons (Fsp3) is 0.625. The van der Waals surface area contributed by atoms with Gasteiger partial charge in [0.15, 0.2) is 5.65 Å². The van der Waals surface area contributed by atoms with Crippen molar-refractivity contribution in [3.05, 3.63) is 23.0 Å². The zero-order valence-corrected chi connectivity index (χ0v) is 13.1. The number of hydrogen-bond acceptors (Lipinski definition) is 4. The number of aryl methyl sites for hydroxylation is 3. The largest absolute Gasteiger partial charge is 0.355 e. The van der Waals surface area contributed by atoms with Gasteiger partial charge in [0, 0.05) is 36.5 Å². The van der Waals surface area contributed by atoms with Gasteiger partial charge in [-0.1, -0.05) is 0 Å². The molecule has 2 aliphatic rings. The molecule has 1 N–H and O–H groups in total. The first-order valence-corrected chi connectivity index (χ1v) is 7.95. The average Bonchev–Trinajstić information content (AvgIpc) is 3.02. The van der Waals surface area contributed by atoms with Crippen LogP contribution in [-0.2, 0) is 0 Å². The quantitative estimate of drug-likeness (QED) is 0.868. The molecule has 0 saturated carbocycles. The fourth-order valence-electron chi connectivity index (χ4n) is 3.79. The highest BCUT2D eigenvalue weighted by atomic mass is 15.4. The number of anilines is 1. The smallest absolute Gasteiger partial charge is 0.160 e. The summed E-state index contributed by atoms with van der Waals surface area (Å²) in [4.78, 5) is 7.16. The van der Waals surface area contributed by atoms with Crippen LogP contribution in [0.4, 0.5) is 5.82 Å². The van der Waals surface area contributed by atoms with E-state index in [1.807, 2.05) is 4.52 Å². The topological polar surface area (TPSA) is 45.5 Å². The first kappa shape index (κ1) is 13.1. The Morgan fingerprint density at radius 1 is 1.24 bits per heavy atom. The second-order valence-electron chi connectivity index (χ2n) is 6.57. The number of piperidine rings is 1. The van der Waals surface area contributed by atoms with E-state index in [4.69, 9.17) is 5.10 Å². The minimum atomic E-state index is 0.639. The molecule has 2 fully saturated rings. The fourth-order valence-corrected chi connectivity index (χ4v) is 3.79. The van der Waals surface area contributed by atoms with E-state index in [0.29, 0.717) is 6.04 Å². The molecule has 2 atom stereocenters. The Balaban J connectivity index is 1.78. The second kappa shape index (κ2) is 4.70. The van der Waals surface area contributed by atoms with Crippen LogP contribution in [0, 0.1) is 26.7 Å². The molecule has 2 aliphatic heterocycles. The first-order chi connectivity index (χ1) is 10.1. The minimum Gasteiger partial charge on any atom is -0.355 e. The highest BCUT2D eigenvalue weighted by molar-refractivity contribution is 5.57. The lowest BCUT2D eigenvalue weighted by molar-refractivity contribution is 0.340. The number of hydrogen-bond donors (Lipinski definition) is 1. The molecular formula is C16H23N5. The van der Waals surface area contributed by atoms with Crippen LogP contribution in [0.1, 0.15) is 29.8 Å². The Hall–Kier alpha value is -1.62. The maximum absolute atomic E-state index is 4.71. The van der Waals surface area contributed by atoms with Gasteiger partial charge in [0.05, 0.1) is 5.69 Å². The van der Waals surface area contributed by atoms with Gasteiger partial charge in [-0.05, 0) is 46.1 Å². The lowest BCUT2D eigenvalue weighted by Crippen LogP contribution is -2.40. The molecule has 0 bridgehead atoms. The predicted octanol–water partition coefficient (Wildman–Crippen LogP) is 1.84. The van der Waals surface area contributed by atoms with Gasteiger partial charge < -0.3 is 10.2 Å². The second-order valence-corrected chi connectivity index (χ2v) is 6.57. The average molecular weight is 285 g/mol. The van der Waals surface area contributed by atoms with Crippen LogP contribution >= 0.6 is 0 Å². The lowest BCUT2D eigenvalue weighted by atomic mass is 9.94. The zero-order chi connectivity index (χ0) is 14.6. The predicted molar refractivity (Wildman–Crippen MR) is 83.9 cm³/mol. The molecule has 2 saturated heterocycles. The Labute approximate surface area is 125 Å². The summed E-state index contributed by atoms with van der Waals surface area (Å²) in [7, 11) is 0. The maximum atomic E-state index is 4.71. The summed E-state index contributed by atoms with van der Waals surface area (Å²) in [5.41, 5.74) is 4.34. The van der Waals surface area contributed by atoms with Gasteiger partial charge in [-0.15, -0.1) is 0 Å². The maximum Gasteiger partial charge on any atom is 0.160 e. The molecule has 0 aliphatic carbocycles. The molecule has 0 aromatic carbocycles. The summed E-state index contributed by atoms with van der Waals surface area (Å²) in [5, 5.41) is 8.38. The van der Waals surface area contributed by atoms with E-state index in [0.717, 1.165) is 36.0 Å². The van der Waals surface area contributed by atoms with Gasteiger partial charge in [0.25, 0.3) is 0 Å². The molecule has 2 aromatic rings. The van der Waals surface area contributed by atoms with Crippen LogP contribution in [0.5, 0.6) is 0 Å². The Morgan fingerprint density at radius 3 is 2.90 bits per heavy atom. The third kappa shape index (κ3) is 2.02. The van der Waals surface area contributed by atoms with Crippen molar-refractivity contribution in [2.45, 2.75) is 39.7 Å². The molecule has 5 heteroatoms. The zero-order valence-electron chi connectivity index (χ0n) is 13.1. The van der Waals surface area contributed by atoms with Crippen LogP contribution in [-0.4, -0.2) is 40.3 Å². The van der Waals surface area contributed by atoms with E-state index in [9.17, 15) is 0 Å². The van der Waals surface area contributed by atoms with Crippen LogP contribution in [0.2, 0.25) is 0 Å². The molecule has 112 valence electrons. The third-order valence-electron chi connectivity index (χ3n) is 5.09. The highest BCUT2D eigenvalue weighted by Crippen LogP contribution is 2.30. The van der Waals surface area contributed by atoms with Crippen molar-refractivity contribution in [1.82, 2.24) is 19.9 Å². The van der Waals surface area contributed by atoms with Crippen LogP contribution < -0.4 is 10.2 Å². The summed E-state index contributed by atoms with van der Waals surface area (Å²) in [6, 6.07) is 2.82. The lowest BCUT2D eigenvalue weighted by Gasteiger charge is -2.24. The van der Waals surface area contributed by atoms with E-state index >= 15 is 0 Å². The van der Waals surface area contributed by atoms with E-state index in [1.54, 1.807) is 0 Å². The summed E-state index contributed by atoms with van der Waals surface area (Å²) in [6.07, 6.45) is 2.65. The summed E-state index contributed by atoms with van der Waals surface area (Å²) in [5.74, 6) is 1.98. The highest BCUT2D eigenvalue weighted by Gasteiger charge is 2.35. The molecule has 5 nitrogen and oxygen atoms in total. The minimum absolute atomic E-state index is 0.639. The molecule has 0 spiro atoms. The number of rotatable bonds is 1. The SMILES string of the molecule is Cc1cc(N2C[C@H]3CCCN[C@H]3C2)n2nc(C)c(C)c2n1. The van der Waals surface area contributed by atoms with Gasteiger partial charge in [0.2, 0.25) is 0 Å². The molecule has 0 amide bonds. The van der Waals surface area contributed by atoms with E-state index in [2.05, 4.69) is 42.0 Å². The summed E-state index contributed by atoms with van der Waals surface area (Å²) >= 11 is 0. The number of nitrogens with one attached hydrogen (secondary N) is 1. The molecular weight excluding hydrogens is 262 g/mol. The van der Waals surface area contributed by atoms with Crippen molar-refractivity contribution in [2.24, 2.45) is 5.92 Å². The number of nitrogens with zero attached hydrogens (tertiary/aromatic N) is 4. The molecule has 2 aromatic heterocycles. The van der Waals surface area contributed by atoms with Crippen molar-refractivity contribution in [2.75, 3.05) is 24.5 Å². The standard InChI is InChI=1S/C16H23N5/c1-10-7-15(21-16(18-10)11(2)12(3)19-21)20-8-13-5-4-6-17-14(13)9-20/h7,13-14,17H,4-6,8-9H2,1-3H3/t13-,14+/m1/s1. The normalized spacial score (nSPS) is 25.6. The molecule has 0 unspecified atom stereocenters. The van der Waals surface area contributed by atoms with Crippen LogP contribution in [0.15, 0.2) is 6.07 Å². The van der Waals surface area contributed by atoms with Gasteiger partial charge in [-0.25, -0.2) is 4.98 Å². The van der Waals surface area contributed by atoms with Crippen LogP contribution in [0.25, 0.3) is 5.65 Å². The van der Waals surface area contributed by atoms with Crippen molar-refractivity contribution in [3.8, 4) is 0 Å². The molecule has 21 heavy (non-hydrogen) atoms. The van der Waals surface area contributed by atoms with Crippen molar-refractivity contribution < 1.29 is 0 Å². The Morgan fingerprint density at radius 2 is 2.10 bits per heavy atom. The summed E-state index contributed by atoms with van der Waals surface area (Å²) < 4.78 is 2.04. The van der Waals surface area contributed by atoms with Gasteiger partial charge in [0.1, 0.15) is 5.82 Å². The van der Waals surface area contributed by atoms with Gasteiger partial charge in [-0.3, -0.25) is 0 Å². The molecule has 0 radical (unpaired) electrons. The Bertz CT molecular complexity index is 676. The van der Waals surface area contributed by atoms with Crippen LogP contribution in [0.3, 0.4) is 0 Å². The number of fused-ring (bicyclic) bond motifs is 2. The first-order valence-electron chi connectivity index (χ1n) is 7.95. The van der Waals surface area contributed by atoms with E-state index < -0.39 is 0 Å². The Kier molecular flexibility index (Phi) is 2.92. The molecule has 4 rings (SSSR count). The van der Waals surface area contributed by atoms with Gasteiger partial charge >= 0.3 is 0 Å². The third-order valence-corrected chi connectivity index (χ3v) is 5.09. The van der Waals surface area contributed by atoms with Crippen molar-refractivity contribution in [1.29, 1.82) is 0 Å². The van der Waals surface area contributed by atoms with E-state index in [-0.39, 0.29) is 0 Å². The van der Waals surface area contributed by atoms with Gasteiger partial charge in [-0.2, -0.15) is 9.61 Å². The number of aromatic nitrogens is 3. The molecule has 4 heterocycles. The van der Waals surface area contributed by atoms with E-state index in [1.165, 1.54) is 30.8 Å². The van der Waals surface area contributed by atoms with Crippen molar-refractivity contribution >= 4 is 11.5 Å².